The van der Waals surface area contributed by atoms with Gasteiger partial charge in [0.05, 0.1) is 18.2 Å². The van der Waals surface area contributed by atoms with Crippen LogP contribution in [0.5, 0.6) is 17.4 Å². The number of aromatic nitrogens is 3. The molecule has 0 bridgehead atoms. The van der Waals surface area contributed by atoms with Gasteiger partial charge in [-0.2, -0.15) is 0 Å². The first-order valence-electron chi connectivity index (χ1n) is 10.6. The number of benzene rings is 2. The predicted octanol–water partition coefficient (Wildman–Crippen LogP) is 2.45. The van der Waals surface area contributed by atoms with Crippen molar-refractivity contribution in [2.75, 3.05) is 7.11 Å². The number of fused-ring (bicyclic) bond motifs is 1. The number of methoxy groups -OCH3 is 1. The second-order valence-corrected chi connectivity index (χ2v) is 8.00. The van der Waals surface area contributed by atoms with Crippen LogP contribution in [0.25, 0.3) is 10.9 Å². The van der Waals surface area contributed by atoms with Gasteiger partial charge in [0.1, 0.15) is 11.5 Å². The summed E-state index contributed by atoms with van der Waals surface area (Å²) in [5, 5.41) is 11.2. The molecule has 2 aromatic carbocycles. The van der Waals surface area contributed by atoms with Gasteiger partial charge in [-0.05, 0) is 42.8 Å². The molecule has 34 heavy (non-hydrogen) atoms. The largest absolute Gasteiger partial charge is 0.497 e. The van der Waals surface area contributed by atoms with Gasteiger partial charge in [0.15, 0.2) is 6.10 Å². The van der Waals surface area contributed by atoms with E-state index in [0.29, 0.717) is 28.0 Å². The summed E-state index contributed by atoms with van der Waals surface area (Å²) in [5.74, 6) is 0.428. The van der Waals surface area contributed by atoms with Gasteiger partial charge in [-0.1, -0.05) is 18.2 Å². The lowest BCUT2D eigenvalue weighted by molar-refractivity contribution is 0.0733. The maximum Gasteiger partial charge on any atom is 0.333 e. The van der Waals surface area contributed by atoms with Crippen LogP contribution in [0.4, 0.5) is 0 Å². The van der Waals surface area contributed by atoms with Gasteiger partial charge in [0.25, 0.3) is 11.5 Å². The molecule has 0 aliphatic carbocycles. The average Bonchev–Trinajstić information content (AvgIpc) is 3.21. The summed E-state index contributed by atoms with van der Waals surface area (Å²) < 4.78 is 14.6. The molecule has 2 heterocycles. The monoisotopic (exact) mass is 463 g/mol. The number of carbonyl (C=O) groups is 1. The van der Waals surface area contributed by atoms with Crippen molar-refractivity contribution in [3.8, 4) is 17.4 Å². The Bertz CT molecular complexity index is 1500. The van der Waals surface area contributed by atoms with Crippen molar-refractivity contribution in [2.45, 2.75) is 19.4 Å². The third-order valence-electron chi connectivity index (χ3n) is 5.83. The normalized spacial score (nSPS) is 12.0. The zero-order valence-electron chi connectivity index (χ0n) is 19.3. The Morgan fingerprint density at radius 3 is 2.41 bits per heavy atom. The molecule has 0 saturated carbocycles. The van der Waals surface area contributed by atoms with Crippen LogP contribution in [0.3, 0.4) is 0 Å². The van der Waals surface area contributed by atoms with Crippen LogP contribution in [0.2, 0.25) is 0 Å². The molecular weight excluding hydrogens is 438 g/mol. The van der Waals surface area contributed by atoms with Crippen molar-refractivity contribution < 1.29 is 19.4 Å². The summed E-state index contributed by atoms with van der Waals surface area (Å²) in [6.07, 6.45) is 0.845. The van der Waals surface area contributed by atoms with E-state index < -0.39 is 23.2 Å². The molecule has 1 unspecified atom stereocenters. The number of nitrogens with zero attached hydrogens (tertiary/aromatic N) is 3. The molecule has 4 rings (SSSR count). The third-order valence-corrected chi connectivity index (χ3v) is 5.83. The molecule has 2 aromatic heterocycles. The van der Waals surface area contributed by atoms with E-state index in [1.165, 1.54) is 25.8 Å². The summed E-state index contributed by atoms with van der Waals surface area (Å²) >= 11 is 0. The smallest absolute Gasteiger partial charge is 0.333 e. The Morgan fingerprint density at radius 1 is 1.03 bits per heavy atom. The molecule has 176 valence electrons. The van der Waals surface area contributed by atoms with Gasteiger partial charge in [-0.3, -0.25) is 23.3 Å². The highest BCUT2D eigenvalue weighted by atomic mass is 16.5. The van der Waals surface area contributed by atoms with Crippen molar-refractivity contribution in [3.63, 3.8) is 0 Å². The Kier molecular flexibility index (Phi) is 6.02. The SMILES string of the molecule is COc1ccc2c(c1)c(Cc1c(O)n(C)c(=O)n(C)c1=O)cn2C(=O)C(C)Oc1ccccc1. The van der Waals surface area contributed by atoms with E-state index in [9.17, 15) is 19.5 Å². The second-order valence-electron chi connectivity index (χ2n) is 8.00. The van der Waals surface area contributed by atoms with Gasteiger partial charge in [0, 0.05) is 32.1 Å². The Morgan fingerprint density at radius 2 is 1.74 bits per heavy atom. The molecule has 1 N–H and O–H groups in total. The van der Waals surface area contributed by atoms with Crippen molar-refractivity contribution in [3.05, 3.63) is 86.7 Å². The molecule has 1 atom stereocenters. The van der Waals surface area contributed by atoms with E-state index in [-0.39, 0.29) is 17.9 Å². The highest BCUT2D eigenvalue weighted by Crippen LogP contribution is 2.29. The zero-order chi connectivity index (χ0) is 24.6. The van der Waals surface area contributed by atoms with Crippen LogP contribution in [-0.4, -0.2) is 37.9 Å². The van der Waals surface area contributed by atoms with Gasteiger partial charge in [-0.25, -0.2) is 4.79 Å². The molecule has 0 saturated heterocycles. The van der Waals surface area contributed by atoms with Crippen molar-refractivity contribution in [1.29, 1.82) is 0 Å². The van der Waals surface area contributed by atoms with Gasteiger partial charge in [0.2, 0.25) is 5.88 Å². The highest BCUT2D eigenvalue weighted by molar-refractivity contribution is 5.97. The minimum atomic E-state index is -0.785. The maximum absolute atomic E-state index is 13.3. The summed E-state index contributed by atoms with van der Waals surface area (Å²) in [6.45, 7) is 1.67. The number of hydrogen-bond donors (Lipinski definition) is 1. The Hall–Kier alpha value is -4.27. The lowest BCUT2D eigenvalue weighted by atomic mass is 10.1. The summed E-state index contributed by atoms with van der Waals surface area (Å²) in [6, 6.07) is 14.3. The van der Waals surface area contributed by atoms with Crippen molar-refractivity contribution >= 4 is 16.8 Å². The number of hydrogen-bond acceptors (Lipinski definition) is 6. The van der Waals surface area contributed by atoms with E-state index in [2.05, 4.69) is 0 Å². The van der Waals surface area contributed by atoms with Crippen LogP contribution in [0.1, 0.15) is 22.8 Å². The molecule has 0 aliphatic heterocycles. The molecular formula is C25H25N3O6. The number of rotatable bonds is 6. The van der Waals surface area contributed by atoms with Crippen molar-refractivity contribution in [1.82, 2.24) is 13.7 Å². The molecule has 0 fully saturated rings. The average molecular weight is 463 g/mol. The molecule has 0 spiro atoms. The molecule has 0 amide bonds. The zero-order valence-corrected chi connectivity index (χ0v) is 19.3. The first-order chi connectivity index (χ1) is 16.2. The van der Waals surface area contributed by atoms with E-state index in [1.54, 1.807) is 43.5 Å². The van der Waals surface area contributed by atoms with Crippen LogP contribution in [0, 0.1) is 0 Å². The van der Waals surface area contributed by atoms with E-state index in [0.717, 1.165) is 9.13 Å². The van der Waals surface area contributed by atoms with Crippen LogP contribution in [-0.2, 0) is 20.5 Å². The van der Waals surface area contributed by atoms with Gasteiger partial charge in [-0.15, -0.1) is 0 Å². The first-order valence-corrected chi connectivity index (χ1v) is 10.6. The Balaban J connectivity index is 1.81. The summed E-state index contributed by atoms with van der Waals surface area (Å²) in [4.78, 5) is 38.2. The summed E-state index contributed by atoms with van der Waals surface area (Å²) in [5.41, 5.74) is 0.0343. The molecule has 0 radical (unpaired) electrons. The maximum atomic E-state index is 13.3. The van der Waals surface area contributed by atoms with E-state index in [1.807, 2.05) is 18.2 Å². The van der Waals surface area contributed by atoms with Crippen LogP contribution >= 0.6 is 0 Å². The minimum Gasteiger partial charge on any atom is -0.497 e. The number of carbonyl (C=O) groups excluding carboxylic acids is 1. The molecule has 9 nitrogen and oxygen atoms in total. The first kappa shape index (κ1) is 22.9. The highest BCUT2D eigenvalue weighted by Gasteiger charge is 2.23. The fraction of sp³-hybridized carbons (Fsp3) is 0.240. The quantitative estimate of drug-likeness (QED) is 0.471. The van der Waals surface area contributed by atoms with Crippen molar-refractivity contribution in [2.24, 2.45) is 14.1 Å². The molecule has 9 heteroatoms. The lowest BCUT2D eigenvalue weighted by Crippen LogP contribution is -2.38. The number of aromatic hydroxyl groups is 1. The molecule has 0 aliphatic rings. The summed E-state index contributed by atoms with van der Waals surface area (Å²) in [7, 11) is 4.28. The third kappa shape index (κ3) is 3.96. The fourth-order valence-corrected chi connectivity index (χ4v) is 3.93. The standard InChI is InChI=1S/C25H25N3O6/c1-15(34-17-8-6-5-7-9-17)22(29)28-14-16(19-13-18(33-4)10-11-21(19)28)12-20-23(30)26(2)25(32)27(3)24(20)31/h5-11,13-15,30H,12H2,1-4H3. The predicted molar refractivity (Wildman–Crippen MR) is 127 cm³/mol. The van der Waals surface area contributed by atoms with Crippen LogP contribution < -0.4 is 20.7 Å². The topological polar surface area (TPSA) is 105 Å². The Labute approximate surface area is 195 Å². The van der Waals surface area contributed by atoms with Gasteiger partial charge < -0.3 is 14.6 Å². The fourth-order valence-electron chi connectivity index (χ4n) is 3.93. The van der Waals surface area contributed by atoms with E-state index >= 15 is 0 Å². The van der Waals surface area contributed by atoms with Crippen LogP contribution in [0.15, 0.2) is 64.3 Å². The number of ether oxygens (including phenoxy) is 2. The number of para-hydroxylation sites is 1. The second kappa shape index (κ2) is 8.93. The lowest BCUT2D eigenvalue weighted by Gasteiger charge is -2.14. The molecule has 4 aromatic rings. The van der Waals surface area contributed by atoms with Gasteiger partial charge >= 0.3 is 5.69 Å². The minimum absolute atomic E-state index is 0.00446. The van der Waals surface area contributed by atoms with E-state index in [4.69, 9.17) is 9.47 Å².